The lowest BCUT2D eigenvalue weighted by atomic mass is 10.1. The first-order valence-electron chi connectivity index (χ1n) is 7.57. The van der Waals surface area contributed by atoms with Gasteiger partial charge in [0.25, 0.3) is 0 Å². The standard InChI is InChI=1S/C20H19NO2/c1-21-18(14-17-7-3-4-9-19(17)21)8-5-6-15-10-12-16(13-11-15)20(22)23-2/h3-7,9-14H,8H2,1-2H3/b6-5-. The monoisotopic (exact) mass is 305 g/mol. The van der Waals surface area contributed by atoms with Gasteiger partial charge in [-0.2, -0.15) is 0 Å². The number of hydrogen-bond donors (Lipinski definition) is 0. The summed E-state index contributed by atoms with van der Waals surface area (Å²) in [4.78, 5) is 11.4. The van der Waals surface area contributed by atoms with E-state index in [-0.39, 0.29) is 5.97 Å². The number of esters is 1. The molecule has 0 bridgehead atoms. The molecule has 2 aromatic carbocycles. The van der Waals surface area contributed by atoms with Gasteiger partial charge in [-0.15, -0.1) is 0 Å². The number of ether oxygens (including phenoxy) is 1. The van der Waals surface area contributed by atoms with Gasteiger partial charge >= 0.3 is 5.97 Å². The maximum absolute atomic E-state index is 11.4. The maximum Gasteiger partial charge on any atom is 0.337 e. The average molecular weight is 305 g/mol. The molecule has 1 aromatic heterocycles. The second-order valence-electron chi connectivity index (χ2n) is 5.47. The first-order chi connectivity index (χ1) is 11.2. The van der Waals surface area contributed by atoms with Gasteiger partial charge in [0.1, 0.15) is 0 Å². The largest absolute Gasteiger partial charge is 0.465 e. The summed E-state index contributed by atoms with van der Waals surface area (Å²) in [5.41, 5.74) is 4.15. The minimum Gasteiger partial charge on any atom is -0.465 e. The minimum absolute atomic E-state index is 0.309. The summed E-state index contributed by atoms with van der Waals surface area (Å²) in [6.45, 7) is 0. The minimum atomic E-state index is -0.309. The molecule has 0 aliphatic carbocycles. The SMILES string of the molecule is COC(=O)c1ccc(/C=C\Cc2cc3ccccc3n2C)cc1. The van der Waals surface area contributed by atoms with Crippen LogP contribution in [0.15, 0.2) is 60.7 Å². The van der Waals surface area contributed by atoms with Crippen molar-refractivity contribution in [1.29, 1.82) is 0 Å². The molecular formula is C20H19NO2. The van der Waals surface area contributed by atoms with Crippen molar-refractivity contribution < 1.29 is 9.53 Å². The number of methoxy groups -OCH3 is 1. The van der Waals surface area contributed by atoms with Crippen molar-refractivity contribution in [1.82, 2.24) is 4.57 Å². The van der Waals surface area contributed by atoms with Crippen LogP contribution in [0.25, 0.3) is 17.0 Å². The molecule has 0 spiro atoms. The fourth-order valence-corrected chi connectivity index (χ4v) is 2.71. The van der Waals surface area contributed by atoms with Crippen LogP contribution in [0.3, 0.4) is 0 Å². The average Bonchev–Trinajstić information content (AvgIpc) is 2.91. The topological polar surface area (TPSA) is 31.2 Å². The zero-order chi connectivity index (χ0) is 16.2. The molecule has 0 fully saturated rings. The number of rotatable bonds is 4. The summed E-state index contributed by atoms with van der Waals surface area (Å²) < 4.78 is 6.92. The third-order valence-electron chi connectivity index (χ3n) is 4.02. The van der Waals surface area contributed by atoms with E-state index in [4.69, 9.17) is 4.74 Å². The third-order valence-corrected chi connectivity index (χ3v) is 4.02. The number of nitrogens with zero attached hydrogens (tertiary/aromatic N) is 1. The van der Waals surface area contributed by atoms with Crippen LogP contribution in [0.4, 0.5) is 0 Å². The number of para-hydroxylation sites is 1. The second kappa shape index (κ2) is 6.53. The lowest BCUT2D eigenvalue weighted by Gasteiger charge is -2.01. The molecule has 0 saturated heterocycles. The predicted octanol–water partition coefficient (Wildman–Crippen LogP) is 4.22. The summed E-state index contributed by atoms with van der Waals surface area (Å²) in [7, 11) is 3.48. The smallest absolute Gasteiger partial charge is 0.337 e. The van der Waals surface area contributed by atoms with Gasteiger partial charge in [0, 0.05) is 24.7 Å². The molecule has 0 saturated carbocycles. The van der Waals surface area contributed by atoms with Gasteiger partial charge in [-0.05, 0) is 35.2 Å². The lowest BCUT2D eigenvalue weighted by molar-refractivity contribution is 0.0600. The molecule has 0 amide bonds. The molecular weight excluding hydrogens is 286 g/mol. The summed E-state index contributed by atoms with van der Waals surface area (Å²) in [5.74, 6) is -0.309. The summed E-state index contributed by atoms with van der Waals surface area (Å²) in [5, 5.41) is 1.26. The van der Waals surface area contributed by atoms with Crippen molar-refractivity contribution in [3.63, 3.8) is 0 Å². The van der Waals surface area contributed by atoms with Crippen LogP contribution in [-0.4, -0.2) is 17.6 Å². The highest BCUT2D eigenvalue weighted by atomic mass is 16.5. The molecule has 23 heavy (non-hydrogen) atoms. The Morgan fingerprint density at radius 3 is 2.57 bits per heavy atom. The van der Waals surface area contributed by atoms with E-state index in [1.54, 1.807) is 12.1 Å². The number of carbonyl (C=O) groups excluding carboxylic acids is 1. The Balaban J connectivity index is 1.73. The van der Waals surface area contributed by atoms with Crippen molar-refractivity contribution in [2.75, 3.05) is 7.11 Å². The molecule has 0 radical (unpaired) electrons. The zero-order valence-electron chi connectivity index (χ0n) is 13.3. The van der Waals surface area contributed by atoms with Gasteiger partial charge in [-0.3, -0.25) is 0 Å². The number of aromatic nitrogens is 1. The molecule has 3 aromatic rings. The summed E-state index contributed by atoms with van der Waals surface area (Å²) in [6.07, 6.45) is 5.07. The number of hydrogen-bond acceptors (Lipinski definition) is 2. The molecule has 116 valence electrons. The third kappa shape index (κ3) is 3.19. The van der Waals surface area contributed by atoms with Crippen molar-refractivity contribution in [2.24, 2.45) is 7.05 Å². The Bertz CT molecular complexity index is 857. The van der Waals surface area contributed by atoms with Crippen LogP contribution in [-0.2, 0) is 18.2 Å². The number of fused-ring (bicyclic) bond motifs is 1. The lowest BCUT2D eigenvalue weighted by Crippen LogP contribution is -2.00. The fourth-order valence-electron chi connectivity index (χ4n) is 2.71. The highest BCUT2D eigenvalue weighted by Gasteiger charge is 2.04. The van der Waals surface area contributed by atoms with Crippen molar-refractivity contribution in [2.45, 2.75) is 6.42 Å². The predicted molar refractivity (Wildman–Crippen MR) is 93.4 cm³/mol. The molecule has 0 aliphatic heterocycles. The Kier molecular flexibility index (Phi) is 4.29. The van der Waals surface area contributed by atoms with Crippen LogP contribution in [0.5, 0.6) is 0 Å². The molecule has 0 atom stereocenters. The van der Waals surface area contributed by atoms with Crippen molar-refractivity contribution in [3.8, 4) is 0 Å². The van der Waals surface area contributed by atoms with Gasteiger partial charge < -0.3 is 9.30 Å². The van der Waals surface area contributed by atoms with Gasteiger partial charge in [-0.1, -0.05) is 42.5 Å². The van der Waals surface area contributed by atoms with Crippen molar-refractivity contribution >= 4 is 22.9 Å². The van der Waals surface area contributed by atoms with Gasteiger partial charge in [0.2, 0.25) is 0 Å². The van der Waals surface area contributed by atoms with Crippen LogP contribution in [0.2, 0.25) is 0 Å². The van der Waals surface area contributed by atoms with Gasteiger partial charge in [-0.25, -0.2) is 4.79 Å². The molecule has 3 rings (SSSR count). The number of benzene rings is 2. The highest BCUT2D eigenvalue weighted by Crippen LogP contribution is 2.19. The fraction of sp³-hybridized carbons (Fsp3) is 0.150. The number of carbonyl (C=O) groups is 1. The zero-order valence-corrected chi connectivity index (χ0v) is 13.3. The van der Waals surface area contributed by atoms with E-state index in [2.05, 4.69) is 54.1 Å². The molecule has 3 nitrogen and oxygen atoms in total. The first kappa shape index (κ1) is 15.1. The van der Waals surface area contributed by atoms with E-state index < -0.39 is 0 Å². The molecule has 3 heteroatoms. The van der Waals surface area contributed by atoms with E-state index in [9.17, 15) is 4.79 Å². The van der Waals surface area contributed by atoms with Crippen molar-refractivity contribution in [3.05, 3.63) is 77.5 Å². The van der Waals surface area contributed by atoms with E-state index in [0.717, 1.165) is 12.0 Å². The first-order valence-corrected chi connectivity index (χ1v) is 7.57. The quantitative estimate of drug-likeness (QED) is 0.676. The van der Waals surface area contributed by atoms with E-state index in [1.807, 2.05) is 12.1 Å². The molecule has 0 aliphatic rings. The number of allylic oxidation sites excluding steroid dienone is 1. The summed E-state index contributed by atoms with van der Waals surface area (Å²) >= 11 is 0. The van der Waals surface area contributed by atoms with Gasteiger partial charge in [0.15, 0.2) is 0 Å². The van der Waals surface area contributed by atoms with E-state index in [0.29, 0.717) is 5.56 Å². The van der Waals surface area contributed by atoms with Crippen LogP contribution < -0.4 is 0 Å². The van der Waals surface area contributed by atoms with E-state index in [1.165, 1.54) is 23.7 Å². The van der Waals surface area contributed by atoms with Gasteiger partial charge in [0.05, 0.1) is 12.7 Å². The Labute approximate surface area is 135 Å². The number of aryl methyl sites for hydroxylation is 1. The van der Waals surface area contributed by atoms with Crippen LogP contribution >= 0.6 is 0 Å². The maximum atomic E-state index is 11.4. The highest BCUT2D eigenvalue weighted by molar-refractivity contribution is 5.89. The van der Waals surface area contributed by atoms with Crippen LogP contribution in [0, 0.1) is 0 Å². The Morgan fingerprint density at radius 2 is 1.87 bits per heavy atom. The second-order valence-corrected chi connectivity index (χ2v) is 5.47. The molecule has 1 heterocycles. The molecule has 0 N–H and O–H groups in total. The normalized spacial score (nSPS) is 11.2. The Hall–Kier alpha value is -2.81. The Morgan fingerprint density at radius 1 is 1.13 bits per heavy atom. The van der Waals surface area contributed by atoms with E-state index >= 15 is 0 Å². The van der Waals surface area contributed by atoms with Crippen LogP contribution in [0.1, 0.15) is 21.6 Å². The summed E-state index contributed by atoms with van der Waals surface area (Å²) in [6, 6.07) is 18.0. The molecule has 0 unspecified atom stereocenters.